The highest BCUT2D eigenvalue weighted by Crippen LogP contribution is 2.52. The first-order chi connectivity index (χ1) is 20.4. The molecule has 1 N–H and O–H groups in total. The van der Waals surface area contributed by atoms with Gasteiger partial charge in [-0.1, -0.05) is 42.5 Å². The summed E-state index contributed by atoms with van der Waals surface area (Å²) in [6.45, 7) is 0. The molecule has 1 fully saturated rings. The maximum absolute atomic E-state index is 14.5. The van der Waals surface area contributed by atoms with E-state index < -0.39 is 35.8 Å². The lowest BCUT2D eigenvalue weighted by Crippen LogP contribution is -2.43. The van der Waals surface area contributed by atoms with Crippen molar-refractivity contribution in [1.29, 1.82) is 0 Å². The minimum absolute atomic E-state index is 0.283. The Morgan fingerprint density at radius 2 is 1.10 bits per heavy atom. The Balaban J connectivity index is 1.75. The van der Waals surface area contributed by atoms with Crippen LogP contribution in [0.2, 0.25) is 0 Å². The lowest BCUT2D eigenvalue weighted by atomic mass is 9.76. The van der Waals surface area contributed by atoms with Crippen LogP contribution < -0.4 is 14.2 Å². The molecule has 4 atom stereocenters. The van der Waals surface area contributed by atoms with Crippen LogP contribution in [-0.4, -0.2) is 55.0 Å². The summed E-state index contributed by atoms with van der Waals surface area (Å²) >= 11 is 0. The van der Waals surface area contributed by atoms with Gasteiger partial charge in [0.15, 0.2) is 5.78 Å². The van der Waals surface area contributed by atoms with Crippen molar-refractivity contribution in [2.45, 2.75) is 18.0 Å². The molecule has 0 aliphatic carbocycles. The number of hydrogen-bond acceptors (Lipinski definition) is 6. The van der Waals surface area contributed by atoms with Gasteiger partial charge in [0.2, 0.25) is 0 Å². The molecule has 42 heavy (non-hydrogen) atoms. The molecular formula is C34H31NO7. The highest BCUT2D eigenvalue weighted by atomic mass is 16.5. The van der Waals surface area contributed by atoms with E-state index in [4.69, 9.17) is 14.2 Å². The van der Waals surface area contributed by atoms with Gasteiger partial charge in [-0.15, -0.1) is 0 Å². The molecule has 4 unspecified atom stereocenters. The van der Waals surface area contributed by atoms with E-state index in [-0.39, 0.29) is 5.78 Å². The predicted octanol–water partition coefficient (Wildman–Crippen LogP) is 5.65. The van der Waals surface area contributed by atoms with Crippen LogP contribution in [0, 0.1) is 5.92 Å². The number of amides is 1. The maximum atomic E-state index is 14.5. The summed E-state index contributed by atoms with van der Waals surface area (Å²) in [6, 6.07) is 27.0. The largest absolute Gasteiger partial charge is 0.497 e. The molecule has 0 spiro atoms. The van der Waals surface area contributed by atoms with Crippen LogP contribution in [0.15, 0.2) is 103 Å². The summed E-state index contributed by atoms with van der Waals surface area (Å²) in [7, 11) is 4.63. The number of carbonyl (C=O) groups is 3. The zero-order chi connectivity index (χ0) is 29.8. The second-order valence-electron chi connectivity index (χ2n) is 10.00. The second-order valence-corrected chi connectivity index (χ2v) is 10.00. The molecule has 4 aromatic carbocycles. The van der Waals surface area contributed by atoms with E-state index in [1.807, 2.05) is 0 Å². The quantitative estimate of drug-likeness (QED) is 0.262. The number of methoxy groups -OCH3 is 3. The molecule has 0 saturated carbocycles. The van der Waals surface area contributed by atoms with E-state index in [0.717, 1.165) is 0 Å². The van der Waals surface area contributed by atoms with Crippen molar-refractivity contribution in [2.24, 2.45) is 5.92 Å². The van der Waals surface area contributed by atoms with Crippen LogP contribution in [-0.2, 0) is 4.79 Å². The second kappa shape index (κ2) is 12.2. The standard InChI is InChI=1S/C34H31NO7/c1-40-25-15-9-21(10-16-25)28-29(32(36)23-13-19-27(42-3)20-14-23)30(22-11-17-26(41-2)18-12-22)35(31(28)34(38)39)33(37)24-7-5-4-6-8-24/h4-20,28-31H,1-3H3,(H,38,39). The maximum Gasteiger partial charge on any atom is 0.327 e. The SMILES string of the molecule is COc1ccc(C(=O)C2C(c3ccc(OC)cc3)C(C(=O)O)N(C(=O)c3ccccc3)C2c2ccc(OC)cc2)cc1. The summed E-state index contributed by atoms with van der Waals surface area (Å²) in [5, 5.41) is 10.7. The monoisotopic (exact) mass is 565 g/mol. The van der Waals surface area contributed by atoms with Crippen molar-refractivity contribution in [3.63, 3.8) is 0 Å². The fourth-order valence-corrected chi connectivity index (χ4v) is 5.81. The van der Waals surface area contributed by atoms with Gasteiger partial charge in [0.25, 0.3) is 5.91 Å². The van der Waals surface area contributed by atoms with Crippen molar-refractivity contribution in [3.05, 3.63) is 125 Å². The third kappa shape index (κ3) is 5.31. The number of nitrogens with zero attached hydrogens (tertiary/aromatic N) is 1. The number of benzene rings is 4. The Labute approximate surface area is 244 Å². The first-order valence-electron chi connectivity index (χ1n) is 13.4. The van der Waals surface area contributed by atoms with Crippen LogP contribution in [0.5, 0.6) is 17.2 Å². The zero-order valence-corrected chi connectivity index (χ0v) is 23.5. The van der Waals surface area contributed by atoms with Crippen LogP contribution in [0.3, 0.4) is 0 Å². The average molecular weight is 566 g/mol. The van der Waals surface area contributed by atoms with Gasteiger partial charge in [0.05, 0.1) is 33.3 Å². The van der Waals surface area contributed by atoms with E-state index >= 15 is 0 Å². The van der Waals surface area contributed by atoms with Gasteiger partial charge in [0, 0.05) is 17.0 Å². The van der Waals surface area contributed by atoms with Crippen LogP contribution in [0.25, 0.3) is 0 Å². The van der Waals surface area contributed by atoms with Crippen molar-refractivity contribution < 1.29 is 33.7 Å². The minimum atomic E-state index is -1.34. The summed E-state index contributed by atoms with van der Waals surface area (Å²) < 4.78 is 16.0. The molecule has 1 amide bonds. The number of ether oxygens (including phenoxy) is 3. The Hall–Kier alpha value is -5.11. The highest BCUT2D eigenvalue weighted by Gasteiger charge is 2.57. The molecule has 4 aromatic rings. The fourth-order valence-electron chi connectivity index (χ4n) is 5.81. The molecule has 0 radical (unpaired) electrons. The Kier molecular flexibility index (Phi) is 8.24. The molecule has 1 saturated heterocycles. The topological polar surface area (TPSA) is 102 Å². The van der Waals surface area contributed by atoms with Gasteiger partial charge in [0.1, 0.15) is 23.3 Å². The van der Waals surface area contributed by atoms with Crippen molar-refractivity contribution in [3.8, 4) is 17.2 Å². The smallest absolute Gasteiger partial charge is 0.327 e. The number of Topliss-reactive ketones (excluding diaryl/α,β-unsaturated/α-hetero) is 1. The summed E-state index contributed by atoms with van der Waals surface area (Å²) in [5.74, 6) is -2.01. The van der Waals surface area contributed by atoms with Gasteiger partial charge in [-0.3, -0.25) is 9.59 Å². The summed E-state index contributed by atoms with van der Waals surface area (Å²) in [4.78, 5) is 43.3. The number of ketones is 1. The molecule has 8 nitrogen and oxygen atoms in total. The number of likely N-dealkylation sites (tertiary alicyclic amines) is 1. The van der Waals surface area contributed by atoms with Gasteiger partial charge < -0.3 is 24.2 Å². The van der Waals surface area contributed by atoms with E-state index in [0.29, 0.717) is 39.5 Å². The average Bonchev–Trinajstić information content (AvgIpc) is 3.41. The van der Waals surface area contributed by atoms with E-state index in [9.17, 15) is 19.5 Å². The number of carbonyl (C=O) groups excluding carboxylic acids is 2. The molecule has 1 aliphatic rings. The molecule has 1 aliphatic heterocycles. The third-order valence-corrected chi connectivity index (χ3v) is 7.81. The molecule has 8 heteroatoms. The molecule has 5 rings (SSSR count). The Morgan fingerprint density at radius 1 is 0.619 bits per heavy atom. The molecule has 214 valence electrons. The van der Waals surface area contributed by atoms with Crippen molar-refractivity contribution >= 4 is 17.7 Å². The normalized spacial score (nSPS) is 19.6. The van der Waals surface area contributed by atoms with Crippen molar-refractivity contribution in [1.82, 2.24) is 4.90 Å². The lowest BCUT2D eigenvalue weighted by Gasteiger charge is -2.30. The van der Waals surface area contributed by atoms with Crippen LogP contribution in [0.4, 0.5) is 0 Å². The lowest BCUT2D eigenvalue weighted by molar-refractivity contribution is -0.142. The van der Waals surface area contributed by atoms with Crippen LogP contribution in [0.1, 0.15) is 43.8 Å². The fraction of sp³-hybridized carbons (Fsp3) is 0.206. The molecule has 0 aromatic heterocycles. The van der Waals surface area contributed by atoms with Gasteiger partial charge in [-0.05, 0) is 71.8 Å². The predicted molar refractivity (Wildman–Crippen MR) is 156 cm³/mol. The van der Waals surface area contributed by atoms with Gasteiger partial charge in [-0.2, -0.15) is 0 Å². The summed E-state index contributed by atoms with van der Waals surface area (Å²) in [5.41, 5.74) is 1.94. The van der Waals surface area contributed by atoms with Gasteiger partial charge >= 0.3 is 5.97 Å². The van der Waals surface area contributed by atoms with Gasteiger partial charge in [-0.25, -0.2) is 4.79 Å². The molecule has 0 bridgehead atoms. The number of aliphatic carboxylic acids is 1. The van der Waals surface area contributed by atoms with Crippen LogP contribution >= 0.6 is 0 Å². The number of hydrogen-bond donors (Lipinski definition) is 1. The Bertz CT molecular complexity index is 1550. The molecular weight excluding hydrogens is 534 g/mol. The highest BCUT2D eigenvalue weighted by molar-refractivity contribution is 6.03. The number of rotatable bonds is 9. The van der Waals surface area contributed by atoms with E-state index in [1.54, 1.807) is 117 Å². The van der Waals surface area contributed by atoms with E-state index in [1.165, 1.54) is 12.0 Å². The summed E-state index contributed by atoms with van der Waals surface area (Å²) in [6.07, 6.45) is 0. The zero-order valence-electron chi connectivity index (χ0n) is 23.5. The molecule has 1 heterocycles. The first kappa shape index (κ1) is 28.4. The van der Waals surface area contributed by atoms with E-state index in [2.05, 4.69) is 0 Å². The minimum Gasteiger partial charge on any atom is -0.497 e. The van der Waals surface area contributed by atoms with Crippen molar-refractivity contribution in [2.75, 3.05) is 21.3 Å². The first-order valence-corrected chi connectivity index (χ1v) is 13.4. The Morgan fingerprint density at radius 3 is 1.57 bits per heavy atom. The number of carboxylic acids is 1. The number of carboxylic acid groups (broad SMARTS) is 1. The third-order valence-electron chi connectivity index (χ3n) is 7.81.